The number of amides is 1. The van der Waals surface area contributed by atoms with Crippen LogP contribution < -0.4 is 0 Å². The standard InChI is InChI=1S/C22H21F4N5O/c23-17-6-8-18(9-7-17)31-20(22(24,25)26)19(27-28-31)21(32)30-14-12-29(13-15-30)11-10-16-4-2-1-3-5-16/h1-9H,10-15H2. The van der Waals surface area contributed by atoms with Crippen molar-refractivity contribution >= 4 is 5.91 Å². The highest BCUT2D eigenvalue weighted by atomic mass is 19.4. The SMILES string of the molecule is O=C(c1nnn(-c2ccc(F)cc2)c1C(F)(F)F)N1CCN(CCc2ccccc2)CC1. The molecule has 168 valence electrons. The van der Waals surface area contributed by atoms with E-state index in [1.807, 2.05) is 30.3 Å². The van der Waals surface area contributed by atoms with E-state index in [9.17, 15) is 22.4 Å². The molecule has 1 amide bonds. The highest BCUT2D eigenvalue weighted by Crippen LogP contribution is 2.33. The minimum Gasteiger partial charge on any atom is -0.335 e. The van der Waals surface area contributed by atoms with Crippen molar-refractivity contribution in [1.29, 1.82) is 0 Å². The molecule has 1 aliphatic rings. The molecular formula is C22H21F4N5O. The molecular weight excluding hydrogens is 426 g/mol. The molecule has 0 atom stereocenters. The Kier molecular flexibility index (Phi) is 6.22. The highest BCUT2D eigenvalue weighted by molar-refractivity contribution is 5.93. The zero-order chi connectivity index (χ0) is 22.7. The van der Waals surface area contributed by atoms with Crippen molar-refractivity contribution in [3.8, 4) is 5.69 Å². The van der Waals surface area contributed by atoms with Gasteiger partial charge in [0.2, 0.25) is 0 Å². The predicted molar refractivity (Wildman–Crippen MR) is 109 cm³/mol. The van der Waals surface area contributed by atoms with Crippen LogP contribution in [0.2, 0.25) is 0 Å². The Hall–Kier alpha value is -3.27. The summed E-state index contributed by atoms with van der Waals surface area (Å²) >= 11 is 0. The van der Waals surface area contributed by atoms with Crippen molar-refractivity contribution in [2.24, 2.45) is 0 Å². The number of rotatable bonds is 5. The predicted octanol–water partition coefficient (Wildman–Crippen LogP) is 3.43. The zero-order valence-electron chi connectivity index (χ0n) is 17.1. The van der Waals surface area contributed by atoms with Gasteiger partial charge in [0.15, 0.2) is 11.4 Å². The molecule has 1 aromatic heterocycles. The van der Waals surface area contributed by atoms with E-state index >= 15 is 0 Å². The van der Waals surface area contributed by atoms with Crippen LogP contribution in [0.1, 0.15) is 21.7 Å². The first-order chi connectivity index (χ1) is 15.3. The van der Waals surface area contributed by atoms with Crippen molar-refractivity contribution in [1.82, 2.24) is 24.8 Å². The molecule has 10 heteroatoms. The number of benzene rings is 2. The molecule has 32 heavy (non-hydrogen) atoms. The van der Waals surface area contributed by atoms with E-state index in [0.29, 0.717) is 30.9 Å². The lowest BCUT2D eigenvalue weighted by Gasteiger charge is -2.34. The number of alkyl halides is 3. The maximum absolute atomic E-state index is 13.8. The Bertz CT molecular complexity index is 1060. The summed E-state index contributed by atoms with van der Waals surface area (Å²) < 4.78 is 55.1. The quantitative estimate of drug-likeness (QED) is 0.563. The van der Waals surface area contributed by atoms with Crippen LogP contribution in [0.3, 0.4) is 0 Å². The molecule has 3 aromatic rings. The molecule has 0 unspecified atom stereocenters. The zero-order valence-corrected chi connectivity index (χ0v) is 17.1. The first-order valence-corrected chi connectivity index (χ1v) is 10.2. The van der Waals surface area contributed by atoms with Gasteiger partial charge in [-0.1, -0.05) is 35.5 Å². The third-order valence-corrected chi connectivity index (χ3v) is 5.43. The molecule has 1 saturated heterocycles. The number of hydrogen-bond donors (Lipinski definition) is 0. The van der Waals surface area contributed by atoms with Crippen molar-refractivity contribution in [2.75, 3.05) is 32.7 Å². The summed E-state index contributed by atoms with van der Waals surface area (Å²) in [7, 11) is 0. The lowest BCUT2D eigenvalue weighted by molar-refractivity contribution is -0.143. The molecule has 0 N–H and O–H groups in total. The fraction of sp³-hybridized carbons (Fsp3) is 0.318. The Morgan fingerprint density at radius 3 is 2.22 bits per heavy atom. The molecule has 0 bridgehead atoms. The monoisotopic (exact) mass is 447 g/mol. The van der Waals surface area contributed by atoms with Crippen LogP contribution >= 0.6 is 0 Å². The van der Waals surface area contributed by atoms with Gasteiger partial charge in [0, 0.05) is 32.7 Å². The average molecular weight is 447 g/mol. The lowest BCUT2D eigenvalue weighted by atomic mass is 10.1. The van der Waals surface area contributed by atoms with Gasteiger partial charge in [-0.2, -0.15) is 13.2 Å². The van der Waals surface area contributed by atoms with E-state index in [1.54, 1.807) is 0 Å². The van der Waals surface area contributed by atoms with Gasteiger partial charge in [0.05, 0.1) is 5.69 Å². The number of aromatic nitrogens is 3. The fourth-order valence-electron chi connectivity index (χ4n) is 3.70. The first kappa shape index (κ1) is 21.9. The van der Waals surface area contributed by atoms with E-state index in [0.717, 1.165) is 37.2 Å². The third kappa shape index (κ3) is 4.80. The Morgan fingerprint density at radius 2 is 1.59 bits per heavy atom. The third-order valence-electron chi connectivity index (χ3n) is 5.43. The van der Waals surface area contributed by atoms with E-state index < -0.39 is 29.3 Å². The number of carbonyl (C=O) groups is 1. The van der Waals surface area contributed by atoms with E-state index in [1.165, 1.54) is 10.5 Å². The van der Waals surface area contributed by atoms with Crippen LogP contribution in [0.5, 0.6) is 0 Å². The normalized spacial score (nSPS) is 15.2. The van der Waals surface area contributed by atoms with Crippen LogP contribution in [0, 0.1) is 5.82 Å². The summed E-state index contributed by atoms with van der Waals surface area (Å²) in [6, 6.07) is 14.3. The van der Waals surface area contributed by atoms with E-state index in [-0.39, 0.29) is 5.69 Å². The second kappa shape index (κ2) is 9.07. The second-order valence-corrected chi connectivity index (χ2v) is 7.54. The van der Waals surface area contributed by atoms with Gasteiger partial charge in [-0.25, -0.2) is 9.07 Å². The molecule has 0 radical (unpaired) electrons. The highest BCUT2D eigenvalue weighted by Gasteiger charge is 2.43. The van der Waals surface area contributed by atoms with Gasteiger partial charge in [-0.15, -0.1) is 5.10 Å². The Balaban J connectivity index is 1.46. The van der Waals surface area contributed by atoms with Gasteiger partial charge in [0.1, 0.15) is 5.82 Å². The molecule has 0 spiro atoms. The molecule has 6 nitrogen and oxygen atoms in total. The van der Waals surface area contributed by atoms with Crippen LogP contribution in [0.4, 0.5) is 17.6 Å². The molecule has 2 aromatic carbocycles. The Labute approximate surface area is 182 Å². The van der Waals surface area contributed by atoms with Crippen LogP contribution in [0.15, 0.2) is 54.6 Å². The number of piperazine rings is 1. The number of halogens is 4. The minimum atomic E-state index is -4.86. The lowest BCUT2D eigenvalue weighted by Crippen LogP contribution is -2.49. The van der Waals surface area contributed by atoms with Crippen LogP contribution in [-0.4, -0.2) is 63.4 Å². The van der Waals surface area contributed by atoms with Gasteiger partial charge in [-0.05, 0) is 36.2 Å². The van der Waals surface area contributed by atoms with Gasteiger partial charge in [0.25, 0.3) is 5.91 Å². The number of hydrogen-bond acceptors (Lipinski definition) is 4. The maximum atomic E-state index is 13.8. The van der Waals surface area contributed by atoms with Crippen molar-refractivity contribution in [3.05, 3.63) is 77.4 Å². The molecule has 4 rings (SSSR count). The number of carbonyl (C=O) groups excluding carboxylic acids is 1. The second-order valence-electron chi connectivity index (χ2n) is 7.54. The number of nitrogens with zero attached hydrogens (tertiary/aromatic N) is 5. The van der Waals surface area contributed by atoms with E-state index in [2.05, 4.69) is 15.2 Å². The topological polar surface area (TPSA) is 54.3 Å². The molecule has 1 aliphatic heterocycles. The van der Waals surface area contributed by atoms with Crippen LogP contribution in [-0.2, 0) is 12.6 Å². The van der Waals surface area contributed by atoms with Crippen molar-refractivity contribution in [2.45, 2.75) is 12.6 Å². The smallest absolute Gasteiger partial charge is 0.335 e. The van der Waals surface area contributed by atoms with Crippen molar-refractivity contribution < 1.29 is 22.4 Å². The summed E-state index contributed by atoms with van der Waals surface area (Å²) in [5.41, 5.74) is -0.839. The summed E-state index contributed by atoms with van der Waals surface area (Å²) in [5, 5.41) is 7.09. The summed E-state index contributed by atoms with van der Waals surface area (Å²) in [6.45, 7) is 2.53. The first-order valence-electron chi connectivity index (χ1n) is 10.2. The minimum absolute atomic E-state index is 0.0315. The summed E-state index contributed by atoms with van der Waals surface area (Å²) in [5.74, 6) is -1.41. The molecule has 0 saturated carbocycles. The maximum Gasteiger partial charge on any atom is 0.435 e. The Morgan fingerprint density at radius 1 is 0.938 bits per heavy atom. The van der Waals surface area contributed by atoms with Gasteiger partial charge >= 0.3 is 6.18 Å². The van der Waals surface area contributed by atoms with E-state index in [4.69, 9.17) is 0 Å². The van der Waals surface area contributed by atoms with Gasteiger partial charge in [-0.3, -0.25) is 9.69 Å². The van der Waals surface area contributed by atoms with Gasteiger partial charge < -0.3 is 4.90 Å². The average Bonchev–Trinajstić information content (AvgIpc) is 3.25. The molecule has 0 aliphatic carbocycles. The van der Waals surface area contributed by atoms with Crippen molar-refractivity contribution in [3.63, 3.8) is 0 Å². The summed E-state index contributed by atoms with van der Waals surface area (Å²) in [4.78, 5) is 16.4. The largest absolute Gasteiger partial charge is 0.435 e. The fourth-order valence-corrected chi connectivity index (χ4v) is 3.70. The molecule has 1 fully saturated rings. The summed E-state index contributed by atoms with van der Waals surface area (Å²) in [6.07, 6.45) is -4.00. The van der Waals surface area contributed by atoms with Crippen LogP contribution in [0.25, 0.3) is 5.69 Å². The molecule has 2 heterocycles.